The van der Waals surface area contributed by atoms with Crippen LogP contribution in [0.25, 0.3) is 0 Å². The molecule has 0 amide bonds. The van der Waals surface area contributed by atoms with Crippen LogP contribution < -0.4 is 0 Å². The lowest BCUT2D eigenvalue weighted by Gasteiger charge is -2.21. The summed E-state index contributed by atoms with van der Waals surface area (Å²) in [5.41, 5.74) is 3.58. The summed E-state index contributed by atoms with van der Waals surface area (Å²) in [6.07, 6.45) is 8.15. The van der Waals surface area contributed by atoms with Crippen LogP contribution in [0.5, 0.6) is 0 Å². The molecule has 0 fully saturated rings. The second-order valence-electron chi connectivity index (χ2n) is 4.71. The van der Waals surface area contributed by atoms with Gasteiger partial charge in [0.15, 0.2) is 0 Å². The first-order valence-corrected chi connectivity index (χ1v) is 5.41. The van der Waals surface area contributed by atoms with Crippen molar-refractivity contribution >= 4 is 0 Å². The summed E-state index contributed by atoms with van der Waals surface area (Å²) >= 11 is 0. The molecule has 1 aliphatic carbocycles. The minimum atomic E-state index is 0.468. The molecule has 1 aromatic carbocycles. The maximum absolute atomic E-state index is 2.40. The largest absolute Gasteiger partial charge is 0.0916 e. The fourth-order valence-corrected chi connectivity index (χ4v) is 2.43. The number of rotatable bonds is 2. The van der Waals surface area contributed by atoms with Gasteiger partial charge in [-0.25, -0.2) is 0 Å². The molecule has 0 N–H and O–H groups in total. The number of benzene rings is 1. The first-order valence-electron chi connectivity index (χ1n) is 5.41. The van der Waals surface area contributed by atoms with E-state index >= 15 is 0 Å². The highest BCUT2D eigenvalue weighted by atomic mass is 14.3. The molecule has 1 aliphatic rings. The Kier molecular flexibility index (Phi) is 2.45. The Bertz CT molecular complexity index is 322. The Hall–Kier alpha value is -1.04. The van der Waals surface area contributed by atoms with Crippen molar-refractivity contribution in [2.45, 2.75) is 33.1 Å². The normalized spacial score (nSPS) is 18.7. The lowest BCUT2D eigenvalue weighted by Crippen LogP contribution is -2.14. The van der Waals surface area contributed by atoms with Gasteiger partial charge in [-0.05, 0) is 42.7 Å². The van der Waals surface area contributed by atoms with E-state index in [1.54, 1.807) is 11.1 Å². The summed E-state index contributed by atoms with van der Waals surface area (Å²) in [5.74, 6) is 0. The second-order valence-corrected chi connectivity index (χ2v) is 4.71. The van der Waals surface area contributed by atoms with Crippen molar-refractivity contribution in [1.82, 2.24) is 0 Å². The van der Waals surface area contributed by atoms with Gasteiger partial charge in [-0.1, -0.05) is 43.3 Å². The average molecular weight is 186 g/mol. The first kappa shape index (κ1) is 9.51. The summed E-state index contributed by atoms with van der Waals surface area (Å²) in [7, 11) is 0. The maximum Gasteiger partial charge on any atom is -0.0210 e. The topological polar surface area (TPSA) is 0 Å². The van der Waals surface area contributed by atoms with Crippen LogP contribution in [0.4, 0.5) is 0 Å². The monoisotopic (exact) mass is 186 g/mol. The molecule has 0 saturated heterocycles. The van der Waals surface area contributed by atoms with Gasteiger partial charge in [0.25, 0.3) is 0 Å². The highest BCUT2D eigenvalue weighted by Gasteiger charge is 2.30. The lowest BCUT2D eigenvalue weighted by atomic mass is 9.84. The second kappa shape index (κ2) is 3.61. The molecule has 0 heteroatoms. The molecule has 0 heterocycles. The van der Waals surface area contributed by atoms with Crippen LogP contribution in [0.2, 0.25) is 0 Å². The number of hydrogen-bond acceptors (Lipinski definition) is 0. The Labute approximate surface area is 86.7 Å². The quantitative estimate of drug-likeness (QED) is 0.617. The van der Waals surface area contributed by atoms with Crippen molar-refractivity contribution in [3.63, 3.8) is 0 Å². The van der Waals surface area contributed by atoms with Crippen LogP contribution in [-0.4, -0.2) is 0 Å². The summed E-state index contributed by atoms with van der Waals surface area (Å²) in [5, 5.41) is 0. The van der Waals surface area contributed by atoms with Gasteiger partial charge in [0.2, 0.25) is 0 Å². The predicted molar refractivity (Wildman–Crippen MR) is 61.4 cm³/mol. The van der Waals surface area contributed by atoms with Crippen molar-refractivity contribution in [3.8, 4) is 0 Å². The Balaban J connectivity index is 2.17. The van der Waals surface area contributed by atoms with Crippen molar-refractivity contribution in [1.29, 1.82) is 0 Å². The van der Waals surface area contributed by atoms with Gasteiger partial charge in [0, 0.05) is 0 Å². The Morgan fingerprint density at radius 3 is 2.29 bits per heavy atom. The fourth-order valence-electron chi connectivity index (χ4n) is 2.43. The SMILES string of the molecule is C/C=C/CC1(C)Cc2ccccc2C1. The molecule has 14 heavy (non-hydrogen) atoms. The zero-order chi connectivity index (χ0) is 10.0. The van der Waals surface area contributed by atoms with Gasteiger partial charge in [0.05, 0.1) is 0 Å². The molecule has 0 nitrogen and oxygen atoms in total. The molecule has 0 atom stereocenters. The van der Waals surface area contributed by atoms with E-state index in [0.29, 0.717) is 5.41 Å². The van der Waals surface area contributed by atoms with Gasteiger partial charge >= 0.3 is 0 Å². The van der Waals surface area contributed by atoms with Crippen LogP contribution in [0.1, 0.15) is 31.4 Å². The van der Waals surface area contributed by atoms with E-state index in [1.807, 2.05) is 0 Å². The molecule has 0 radical (unpaired) electrons. The van der Waals surface area contributed by atoms with Gasteiger partial charge in [-0.15, -0.1) is 0 Å². The van der Waals surface area contributed by atoms with Gasteiger partial charge in [-0.3, -0.25) is 0 Å². The number of allylic oxidation sites excluding steroid dienone is 2. The van der Waals surface area contributed by atoms with Crippen molar-refractivity contribution in [3.05, 3.63) is 47.5 Å². The molecule has 0 bridgehead atoms. The predicted octanol–water partition coefficient (Wildman–Crippen LogP) is 3.76. The average Bonchev–Trinajstić information content (AvgIpc) is 2.51. The van der Waals surface area contributed by atoms with Gasteiger partial charge in [-0.2, -0.15) is 0 Å². The van der Waals surface area contributed by atoms with E-state index in [0.717, 1.165) is 0 Å². The lowest BCUT2D eigenvalue weighted by molar-refractivity contribution is 0.351. The summed E-state index contributed by atoms with van der Waals surface area (Å²) in [4.78, 5) is 0. The summed E-state index contributed by atoms with van der Waals surface area (Å²) in [6, 6.07) is 8.85. The van der Waals surface area contributed by atoms with Crippen LogP contribution in [0, 0.1) is 5.41 Å². The molecule has 0 aliphatic heterocycles. The maximum atomic E-state index is 2.40. The van der Waals surface area contributed by atoms with E-state index in [9.17, 15) is 0 Å². The van der Waals surface area contributed by atoms with E-state index < -0.39 is 0 Å². The van der Waals surface area contributed by atoms with Crippen molar-refractivity contribution in [2.75, 3.05) is 0 Å². The molecular formula is C14H18. The van der Waals surface area contributed by atoms with Gasteiger partial charge < -0.3 is 0 Å². The van der Waals surface area contributed by atoms with Crippen LogP contribution >= 0.6 is 0 Å². The summed E-state index contributed by atoms with van der Waals surface area (Å²) < 4.78 is 0. The Morgan fingerprint density at radius 1 is 1.21 bits per heavy atom. The van der Waals surface area contributed by atoms with E-state index in [2.05, 4.69) is 50.3 Å². The third kappa shape index (κ3) is 1.75. The fraction of sp³-hybridized carbons (Fsp3) is 0.429. The van der Waals surface area contributed by atoms with E-state index in [1.165, 1.54) is 19.3 Å². The Morgan fingerprint density at radius 2 is 1.79 bits per heavy atom. The standard InChI is InChI=1S/C14H18/c1-3-4-9-14(2)10-12-7-5-6-8-13(12)11-14/h3-8H,9-11H2,1-2H3/b4-3+. The molecule has 0 unspecified atom stereocenters. The molecule has 0 saturated carbocycles. The highest BCUT2D eigenvalue weighted by Crippen LogP contribution is 2.39. The molecule has 0 spiro atoms. The van der Waals surface area contributed by atoms with Crippen molar-refractivity contribution in [2.24, 2.45) is 5.41 Å². The third-order valence-corrected chi connectivity index (χ3v) is 3.20. The van der Waals surface area contributed by atoms with Crippen molar-refractivity contribution < 1.29 is 0 Å². The van der Waals surface area contributed by atoms with Crippen LogP contribution in [0.15, 0.2) is 36.4 Å². The van der Waals surface area contributed by atoms with E-state index in [4.69, 9.17) is 0 Å². The highest BCUT2D eigenvalue weighted by molar-refractivity contribution is 5.34. The number of fused-ring (bicyclic) bond motifs is 1. The zero-order valence-electron chi connectivity index (χ0n) is 9.09. The van der Waals surface area contributed by atoms with Gasteiger partial charge in [0.1, 0.15) is 0 Å². The molecule has 1 aromatic rings. The zero-order valence-corrected chi connectivity index (χ0v) is 9.09. The number of hydrogen-bond donors (Lipinski definition) is 0. The minimum Gasteiger partial charge on any atom is -0.0916 e. The third-order valence-electron chi connectivity index (χ3n) is 3.20. The minimum absolute atomic E-state index is 0.468. The molecule has 74 valence electrons. The summed E-state index contributed by atoms with van der Waals surface area (Å²) in [6.45, 7) is 4.50. The molecule has 0 aromatic heterocycles. The molecule has 2 rings (SSSR count). The first-order chi connectivity index (χ1) is 6.73. The van der Waals surface area contributed by atoms with Crippen LogP contribution in [-0.2, 0) is 12.8 Å². The van der Waals surface area contributed by atoms with E-state index in [-0.39, 0.29) is 0 Å². The smallest absolute Gasteiger partial charge is 0.0210 e. The van der Waals surface area contributed by atoms with Crippen LogP contribution in [0.3, 0.4) is 0 Å². The molecular weight excluding hydrogens is 168 g/mol.